The maximum absolute atomic E-state index is 13.3. The number of carbonyl (C=O) groups excluding carboxylic acids is 3. The Bertz CT molecular complexity index is 1660. The molecular formula is C27H32N6O11S3. The topological polar surface area (TPSA) is 255 Å². The van der Waals surface area contributed by atoms with Crippen molar-refractivity contribution in [3.8, 4) is 0 Å². The quantitative estimate of drug-likeness (QED) is 0.0444. The van der Waals surface area contributed by atoms with Gasteiger partial charge in [0.1, 0.15) is 36.2 Å². The molecule has 2 aromatic heterocycles. The van der Waals surface area contributed by atoms with Gasteiger partial charge in [0.25, 0.3) is 11.8 Å². The minimum absolute atomic E-state index is 0.00593. The van der Waals surface area contributed by atoms with Crippen LogP contribution >= 0.6 is 23.1 Å². The number of aliphatic carboxylic acids is 1. The number of nitrogens with two attached hydrogens (primary N) is 1. The molecule has 0 spiro atoms. The average molecular weight is 713 g/mol. The number of anilines is 1. The first-order valence-corrected chi connectivity index (χ1v) is 17.5. The predicted octanol–water partition coefficient (Wildman–Crippen LogP) is 0.474. The molecule has 0 unspecified atom stereocenters. The molecule has 4 heterocycles. The molecule has 5 rings (SSSR count). The zero-order chi connectivity index (χ0) is 34.3. The summed E-state index contributed by atoms with van der Waals surface area (Å²) in [4.78, 5) is 62.0. The van der Waals surface area contributed by atoms with Gasteiger partial charge in [-0.25, -0.2) is 18.2 Å². The molecule has 5 N–H and O–H groups in total. The minimum Gasteiger partial charge on any atom is -0.726 e. The van der Waals surface area contributed by atoms with E-state index in [0.717, 1.165) is 46.8 Å². The molecule has 2 amide bonds. The van der Waals surface area contributed by atoms with Gasteiger partial charge in [0.2, 0.25) is 16.9 Å². The smallest absolute Gasteiger partial charge is 0.356 e. The number of carboxylic acid groups (broad SMARTS) is 1. The Morgan fingerprint density at radius 1 is 1.30 bits per heavy atom. The van der Waals surface area contributed by atoms with Crippen LogP contribution in [0.15, 0.2) is 51.4 Å². The number of pyridine rings is 1. The molecule has 2 atom stereocenters. The number of ether oxygens (including phenoxy) is 1. The summed E-state index contributed by atoms with van der Waals surface area (Å²) in [5, 5.41) is 18.5. The highest BCUT2D eigenvalue weighted by Crippen LogP contribution is 2.35. The number of thioether (sulfide) groups is 1. The maximum atomic E-state index is 13.3. The van der Waals surface area contributed by atoms with Crippen molar-refractivity contribution in [3.63, 3.8) is 0 Å². The van der Waals surface area contributed by atoms with E-state index >= 15 is 0 Å². The van der Waals surface area contributed by atoms with Crippen LogP contribution in [-0.2, 0) is 45.7 Å². The van der Waals surface area contributed by atoms with Gasteiger partial charge in [-0.3, -0.25) is 23.8 Å². The van der Waals surface area contributed by atoms with Gasteiger partial charge in [-0.15, -0.1) is 23.1 Å². The average Bonchev–Trinajstić information content (AvgIpc) is 3.70. The number of nitrogens with one attached hydrogen (secondary N) is 1. The lowest BCUT2D eigenvalue weighted by Crippen LogP contribution is -2.73. The Morgan fingerprint density at radius 3 is 2.53 bits per heavy atom. The maximum Gasteiger partial charge on any atom is 0.356 e. The fourth-order valence-electron chi connectivity index (χ4n) is 4.91. The lowest BCUT2D eigenvalue weighted by Gasteiger charge is -2.49. The molecule has 3 aliphatic rings. The summed E-state index contributed by atoms with van der Waals surface area (Å²) in [6.45, 7) is 2.10. The van der Waals surface area contributed by atoms with Crippen LogP contribution in [0.3, 0.4) is 0 Å². The van der Waals surface area contributed by atoms with Gasteiger partial charge in [0.05, 0.1) is 5.75 Å². The molecule has 1 saturated carbocycles. The van der Waals surface area contributed by atoms with Crippen molar-refractivity contribution in [2.24, 2.45) is 5.16 Å². The van der Waals surface area contributed by atoms with Gasteiger partial charge in [0.15, 0.2) is 34.7 Å². The number of carbonyl (C=O) groups is 4. The molecule has 17 nitrogen and oxygen atoms in total. The van der Waals surface area contributed by atoms with Crippen LogP contribution in [0, 0.1) is 0 Å². The largest absolute Gasteiger partial charge is 0.726 e. The molecule has 0 aromatic carbocycles. The molecule has 2 fully saturated rings. The Kier molecular flexibility index (Phi) is 11.9. The first kappa shape index (κ1) is 35.7. The highest BCUT2D eigenvalue weighted by molar-refractivity contribution is 7.99. The summed E-state index contributed by atoms with van der Waals surface area (Å²) in [6.07, 6.45) is 7.63. The van der Waals surface area contributed by atoms with Crippen LogP contribution in [0.2, 0.25) is 0 Å². The van der Waals surface area contributed by atoms with Crippen molar-refractivity contribution >= 4 is 67.9 Å². The predicted molar refractivity (Wildman–Crippen MR) is 165 cm³/mol. The number of β-lactam (4-membered cyclic amide) rings is 1. The van der Waals surface area contributed by atoms with Crippen molar-refractivity contribution in [1.29, 1.82) is 0 Å². The van der Waals surface area contributed by atoms with Gasteiger partial charge in [-0.05, 0) is 25.7 Å². The number of aromatic nitrogens is 2. The number of nitrogen functional groups attached to an aromatic ring is 1. The number of oxime groups is 1. The van der Waals surface area contributed by atoms with Crippen LogP contribution in [0.25, 0.3) is 0 Å². The minimum atomic E-state index is -4.92. The highest BCUT2D eigenvalue weighted by Gasteiger charge is 2.55. The number of fused-ring (bicyclic) bond motifs is 1. The molecule has 20 heteroatoms. The zero-order valence-corrected chi connectivity index (χ0v) is 27.4. The summed E-state index contributed by atoms with van der Waals surface area (Å²) in [7, 11) is -4.92. The van der Waals surface area contributed by atoms with Gasteiger partial charge in [0, 0.05) is 28.8 Å². The SMILES string of the molecule is CCC(=O)C[n+]1ccc(SCC2=C(C(=O)O)N3C(=O)[C@@H](NC(=O)/C(=N/OC4CCCC4)c4csc(N)n4)[C@H]3CO2)cc1.O=S(=O)([O-])O. The molecule has 0 radical (unpaired) electrons. The number of amides is 2. The van der Waals surface area contributed by atoms with E-state index in [-0.39, 0.29) is 58.8 Å². The van der Waals surface area contributed by atoms with Crippen molar-refractivity contribution in [2.45, 2.75) is 68.7 Å². The number of carboxylic acids is 1. The van der Waals surface area contributed by atoms with Crippen LogP contribution in [0.1, 0.15) is 44.7 Å². The lowest BCUT2D eigenvalue weighted by molar-refractivity contribution is -0.684. The Morgan fingerprint density at radius 2 is 1.96 bits per heavy atom. The first-order valence-electron chi connectivity index (χ1n) is 14.2. The second kappa shape index (κ2) is 15.7. The van der Waals surface area contributed by atoms with Gasteiger partial charge in [-0.1, -0.05) is 12.1 Å². The highest BCUT2D eigenvalue weighted by atomic mass is 32.3. The number of hydrogen-bond donors (Lipinski definition) is 4. The Balaban J connectivity index is 0.000000930. The van der Waals surface area contributed by atoms with Crippen molar-refractivity contribution in [2.75, 3.05) is 18.1 Å². The number of hydrogen-bond acceptors (Lipinski definition) is 14. The molecule has 0 bridgehead atoms. The Hall–Kier alpha value is -4.11. The van der Waals surface area contributed by atoms with E-state index in [4.69, 9.17) is 32.8 Å². The molecule has 2 aromatic rings. The van der Waals surface area contributed by atoms with Gasteiger partial charge >= 0.3 is 5.97 Å². The van der Waals surface area contributed by atoms with Crippen molar-refractivity contribution in [1.82, 2.24) is 15.2 Å². The molecular weight excluding hydrogens is 681 g/mol. The normalized spacial score (nSPS) is 19.6. The Labute approximate surface area is 277 Å². The van der Waals surface area contributed by atoms with Crippen molar-refractivity contribution < 1.29 is 55.9 Å². The number of Topliss-reactive ketones (excluding diaryl/α,β-unsaturated/α-hetero) is 1. The van der Waals surface area contributed by atoms with E-state index in [1.807, 2.05) is 19.1 Å². The fraction of sp³-hybridized carbons (Fsp3) is 0.444. The van der Waals surface area contributed by atoms with E-state index < -0.39 is 40.3 Å². The fourth-order valence-corrected chi connectivity index (χ4v) is 6.29. The van der Waals surface area contributed by atoms with Crippen LogP contribution < -0.4 is 15.6 Å². The summed E-state index contributed by atoms with van der Waals surface area (Å²) in [6, 6.07) is 1.94. The lowest BCUT2D eigenvalue weighted by atomic mass is 9.92. The zero-order valence-electron chi connectivity index (χ0n) is 24.9. The van der Waals surface area contributed by atoms with Gasteiger partial charge in [-0.2, -0.15) is 4.57 Å². The van der Waals surface area contributed by atoms with Crippen LogP contribution in [0.5, 0.6) is 0 Å². The summed E-state index contributed by atoms with van der Waals surface area (Å²) >= 11 is 2.49. The third-order valence-corrected chi connectivity index (χ3v) is 8.89. The standard InChI is InChI=1S/C27H30N6O7S2.H2O4S/c1-2-15(34)11-32-9-7-17(8-10-32)41-14-20-23(26(37)38)33-19(12-39-20)22(25(33)36)30-24(35)21(18-13-42-27(28)29-18)31-40-16-5-3-4-6-16;1-5(2,3)4/h7-10,13,16,19,22H,2-6,11-12,14H2,1H3,(H3-,28,29,30,35,37,38);(H2,1,2,3,4)/b31-21+;/t19-,22+;/m1./s1. The van der Waals surface area contributed by atoms with E-state index in [1.54, 1.807) is 22.3 Å². The van der Waals surface area contributed by atoms with E-state index in [0.29, 0.717) is 6.42 Å². The number of nitrogens with zero attached hydrogens (tertiary/aromatic N) is 4. The molecule has 254 valence electrons. The molecule has 2 aliphatic heterocycles. The van der Waals surface area contributed by atoms with Crippen molar-refractivity contribution in [3.05, 3.63) is 47.1 Å². The number of ketones is 1. The van der Waals surface area contributed by atoms with E-state index in [9.17, 15) is 24.3 Å². The first-order chi connectivity index (χ1) is 22.2. The van der Waals surface area contributed by atoms with E-state index in [2.05, 4.69) is 15.5 Å². The van der Waals surface area contributed by atoms with Crippen LogP contribution in [-0.4, -0.2) is 92.3 Å². The summed E-state index contributed by atoms with van der Waals surface area (Å²) < 4.78 is 40.4. The third-order valence-electron chi connectivity index (χ3n) is 7.20. The van der Waals surface area contributed by atoms with Crippen LogP contribution in [0.4, 0.5) is 5.13 Å². The summed E-state index contributed by atoms with van der Waals surface area (Å²) in [5.74, 6) is -2.10. The monoisotopic (exact) mass is 712 g/mol. The van der Waals surface area contributed by atoms with E-state index in [1.165, 1.54) is 11.8 Å². The molecule has 1 aliphatic carbocycles. The molecule has 1 saturated heterocycles. The second-order valence-electron chi connectivity index (χ2n) is 10.5. The number of thiazole rings is 1. The van der Waals surface area contributed by atoms with Gasteiger partial charge < -0.3 is 30.3 Å². The third kappa shape index (κ3) is 9.70. The second-order valence-corrected chi connectivity index (χ2v) is 13.2. The summed E-state index contributed by atoms with van der Waals surface area (Å²) in [5.41, 5.74) is 5.63. The molecule has 47 heavy (non-hydrogen) atoms. The number of rotatable bonds is 12.